The monoisotopic (exact) mass is 212 g/mol. The summed E-state index contributed by atoms with van der Waals surface area (Å²) < 4.78 is 0. The second kappa shape index (κ2) is 6.43. The van der Waals surface area contributed by atoms with Crippen LogP contribution in [-0.2, 0) is 0 Å². The molecule has 0 atom stereocenters. The second-order valence-electron chi connectivity index (χ2n) is 4.12. The molecule has 6 N–H and O–H groups in total. The minimum absolute atomic E-state index is 0.0527. The molecule has 15 heavy (non-hydrogen) atoms. The summed E-state index contributed by atoms with van der Waals surface area (Å²) in [6, 6.07) is 0. The SMILES string of the molecule is CCCCC(CCCC)(C(=N)N)C(=N)N. The molecule has 0 aliphatic heterocycles. The topological polar surface area (TPSA) is 99.7 Å². The van der Waals surface area contributed by atoms with E-state index in [0.29, 0.717) is 0 Å². The molecule has 0 aliphatic rings. The molecule has 0 heterocycles. The molecular formula is C11H24N4. The number of nitrogens with two attached hydrogens (primary N) is 2. The fourth-order valence-electron chi connectivity index (χ4n) is 1.77. The van der Waals surface area contributed by atoms with Crippen LogP contribution in [0.25, 0.3) is 0 Å². The average Bonchev–Trinajstić information content (AvgIpc) is 2.17. The fraction of sp³-hybridized carbons (Fsp3) is 0.818. The number of hydrogen-bond donors (Lipinski definition) is 4. The van der Waals surface area contributed by atoms with Gasteiger partial charge in [0.1, 0.15) is 11.7 Å². The van der Waals surface area contributed by atoms with Crippen molar-refractivity contribution < 1.29 is 0 Å². The molecule has 0 saturated heterocycles. The van der Waals surface area contributed by atoms with E-state index in [1.807, 2.05) is 0 Å². The van der Waals surface area contributed by atoms with E-state index in [1.165, 1.54) is 0 Å². The first-order valence-electron chi connectivity index (χ1n) is 5.70. The molecule has 88 valence electrons. The van der Waals surface area contributed by atoms with E-state index in [0.717, 1.165) is 38.5 Å². The molecule has 0 aromatic heterocycles. The largest absolute Gasteiger partial charge is 0.387 e. The molecule has 0 bridgehead atoms. The summed E-state index contributed by atoms with van der Waals surface area (Å²) in [6.45, 7) is 4.18. The first kappa shape index (κ1) is 13.9. The van der Waals surface area contributed by atoms with Gasteiger partial charge in [-0.2, -0.15) is 0 Å². The van der Waals surface area contributed by atoms with Crippen molar-refractivity contribution in [1.29, 1.82) is 10.8 Å². The standard InChI is InChI=1S/C11H24N4/c1-3-5-7-11(9(12)13,10(14)15)8-6-4-2/h3-8H2,1-2H3,(H3,12,13)(H3,14,15). The lowest BCUT2D eigenvalue weighted by molar-refractivity contribution is 0.434. The highest BCUT2D eigenvalue weighted by atomic mass is 14.8. The Morgan fingerprint density at radius 2 is 1.27 bits per heavy atom. The third-order valence-corrected chi connectivity index (χ3v) is 2.95. The van der Waals surface area contributed by atoms with Crippen LogP contribution in [0.5, 0.6) is 0 Å². The van der Waals surface area contributed by atoms with Crippen molar-refractivity contribution in [3.63, 3.8) is 0 Å². The van der Waals surface area contributed by atoms with E-state index < -0.39 is 5.41 Å². The Hall–Kier alpha value is -1.06. The maximum atomic E-state index is 7.64. The molecule has 0 aromatic rings. The van der Waals surface area contributed by atoms with Gasteiger partial charge in [0.15, 0.2) is 0 Å². The Labute approximate surface area is 92.4 Å². The molecule has 0 rings (SSSR count). The summed E-state index contributed by atoms with van der Waals surface area (Å²) in [4.78, 5) is 0. The van der Waals surface area contributed by atoms with Gasteiger partial charge in [-0.15, -0.1) is 0 Å². The zero-order valence-corrected chi connectivity index (χ0v) is 9.90. The third-order valence-electron chi connectivity index (χ3n) is 2.95. The summed E-state index contributed by atoms with van der Waals surface area (Å²) in [5.74, 6) is 0.105. The minimum Gasteiger partial charge on any atom is -0.387 e. The van der Waals surface area contributed by atoms with E-state index in [2.05, 4.69) is 13.8 Å². The molecule has 0 amide bonds. The van der Waals surface area contributed by atoms with Crippen LogP contribution in [0, 0.1) is 16.2 Å². The minimum atomic E-state index is -0.675. The summed E-state index contributed by atoms with van der Waals surface area (Å²) in [5, 5.41) is 15.3. The Balaban J connectivity index is 4.73. The normalized spacial score (nSPS) is 11.3. The number of hydrogen-bond acceptors (Lipinski definition) is 2. The average molecular weight is 212 g/mol. The van der Waals surface area contributed by atoms with Gasteiger partial charge in [0, 0.05) is 0 Å². The van der Waals surface area contributed by atoms with Gasteiger partial charge in [-0.1, -0.05) is 39.5 Å². The quantitative estimate of drug-likeness (QED) is 0.366. The lowest BCUT2D eigenvalue weighted by atomic mass is 9.76. The van der Waals surface area contributed by atoms with Crippen molar-refractivity contribution >= 4 is 11.7 Å². The Kier molecular flexibility index (Phi) is 5.97. The summed E-state index contributed by atoms with van der Waals surface area (Å²) in [6.07, 6.45) is 5.46. The van der Waals surface area contributed by atoms with Gasteiger partial charge < -0.3 is 11.5 Å². The van der Waals surface area contributed by atoms with Crippen LogP contribution in [0.15, 0.2) is 0 Å². The Morgan fingerprint density at radius 1 is 0.933 bits per heavy atom. The van der Waals surface area contributed by atoms with Crippen LogP contribution < -0.4 is 11.5 Å². The zero-order chi connectivity index (χ0) is 11.9. The van der Waals surface area contributed by atoms with E-state index in [9.17, 15) is 0 Å². The number of nitrogens with one attached hydrogen (secondary N) is 2. The van der Waals surface area contributed by atoms with E-state index in [4.69, 9.17) is 22.3 Å². The fourth-order valence-corrected chi connectivity index (χ4v) is 1.77. The highest BCUT2D eigenvalue weighted by Gasteiger charge is 2.35. The van der Waals surface area contributed by atoms with Gasteiger partial charge in [-0.25, -0.2) is 0 Å². The highest BCUT2D eigenvalue weighted by Crippen LogP contribution is 2.30. The van der Waals surface area contributed by atoms with Gasteiger partial charge in [-0.05, 0) is 12.8 Å². The van der Waals surface area contributed by atoms with E-state index in [1.54, 1.807) is 0 Å². The van der Waals surface area contributed by atoms with Gasteiger partial charge in [0.05, 0.1) is 5.41 Å². The molecule has 4 nitrogen and oxygen atoms in total. The Morgan fingerprint density at radius 3 is 1.47 bits per heavy atom. The number of rotatable bonds is 8. The zero-order valence-electron chi connectivity index (χ0n) is 9.90. The second-order valence-corrected chi connectivity index (χ2v) is 4.12. The van der Waals surface area contributed by atoms with Crippen molar-refractivity contribution in [2.45, 2.75) is 52.4 Å². The third kappa shape index (κ3) is 3.53. The van der Waals surface area contributed by atoms with E-state index in [-0.39, 0.29) is 11.7 Å². The smallest absolute Gasteiger partial charge is 0.105 e. The molecule has 0 unspecified atom stereocenters. The molecule has 4 heteroatoms. The van der Waals surface area contributed by atoms with Gasteiger partial charge in [0.2, 0.25) is 0 Å². The van der Waals surface area contributed by atoms with E-state index >= 15 is 0 Å². The van der Waals surface area contributed by atoms with Gasteiger partial charge >= 0.3 is 0 Å². The maximum absolute atomic E-state index is 7.64. The molecule has 0 fully saturated rings. The summed E-state index contributed by atoms with van der Waals surface area (Å²) >= 11 is 0. The molecule has 0 spiro atoms. The van der Waals surface area contributed by atoms with Crippen molar-refractivity contribution in [2.75, 3.05) is 0 Å². The number of amidine groups is 2. The Bertz CT molecular complexity index is 199. The van der Waals surface area contributed by atoms with Gasteiger partial charge in [0.25, 0.3) is 0 Å². The first-order valence-corrected chi connectivity index (χ1v) is 5.70. The van der Waals surface area contributed by atoms with Crippen LogP contribution in [0.2, 0.25) is 0 Å². The first-order chi connectivity index (χ1) is 7.01. The predicted molar refractivity (Wildman–Crippen MR) is 65.3 cm³/mol. The van der Waals surface area contributed by atoms with Crippen LogP contribution in [0.1, 0.15) is 52.4 Å². The van der Waals surface area contributed by atoms with Gasteiger partial charge in [-0.3, -0.25) is 10.8 Å². The lowest BCUT2D eigenvalue weighted by Gasteiger charge is -2.31. The van der Waals surface area contributed by atoms with Crippen molar-refractivity contribution in [3.05, 3.63) is 0 Å². The van der Waals surface area contributed by atoms with Crippen molar-refractivity contribution in [2.24, 2.45) is 16.9 Å². The van der Waals surface area contributed by atoms with Crippen LogP contribution in [-0.4, -0.2) is 11.7 Å². The molecular weight excluding hydrogens is 188 g/mol. The molecule has 0 aliphatic carbocycles. The lowest BCUT2D eigenvalue weighted by Crippen LogP contribution is -2.47. The van der Waals surface area contributed by atoms with Crippen LogP contribution >= 0.6 is 0 Å². The summed E-state index contributed by atoms with van der Waals surface area (Å²) in [5.41, 5.74) is 10.6. The number of unbranched alkanes of at least 4 members (excludes halogenated alkanes) is 2. The van der Waals surface area contributed by atoms with Crippen molar-refractivity contribution in [1.82, 2.24) is 0 Å². The summed E-state index contributed by atoms with van der Waals surface area (Å²) in [7, 11) is 0. The highest BCUT2D eigenvalue weighted by molar-refractivity contribution is 6.06. The molecule has 0 saturated carbocycles. The molecule has 0 radical (unpaired) electrons. The maximum Gasteiger partial charge on any atom is 0.105 e. The van der Waals surface area contributed by atoms with Crippen molar-refractivity contribution in [3.8, 4) is 0 Å². The van der Waals surface area contributed by atoms with Crippen LogP contribution in [0.3, 0.4) is 0 Å². The predicted octanol–water partition coefficient (Wildman–Crippen LogP) is 2.23. The van der Waals surface area contributed by atoms with Crippen LogP contribution in [0.4, 0.5) is 0 Å². The molecule has 0 aromatic carbocycles.